The van der Waals surface area contributed by atoms with Gasteiger partial charge in [-0.2, -0.15) is 0 Å². The van der Waals surface area contributed by atoms with Gasteiger partial charge in [0.2, 0.25) is 0 Å². The number of methoxy groups -OCH3 is 1. The van der Waals surface area contributed by atoms with Crippen molar-refractivity contribution in [3.8, 4) is 5.75 Å². The Hall–Kier alpha value is -1.20. The van der Waals surface area contributed by atoms with E-state index in [4.69, 9.17) is 4.74 Å². The summed E-state index contributed by atoms with van der Waals surface area (Å²) in [5.41, 5.74) is 0.451. The fourth-order valence-corrected chi connectivity index (χ4v) is 2.76. The first-order valence-electron chi connectivity index (χ1n) is 5.21. The molecule has 2 rings (SSSR count). The molecule has 17 heavy (non-hydrogen) atoms. The van der Waals surface area contributed by atoms with Gasteiger partial charge >= 0.3 is 5.97 Å². The van der Waals surface area contributed by atoms with Gasteiger partial charge in [-0.25, -0.2) is 4.79 Å². The van der Waals surface area contributed by atoms with E-state index in [0.29, 0.717) is 11.3 Å². The molecule has 0 saturated carbocycles. The maximum Gasteiger partial charge on any atom is 0.339 e. The SMILES string of the molecule is COC(=O)C(O)c1cccc2c1OC(C)(C)S2. The summed E-state index contributed by atoms with van der Waals surface area (Å²) in [5, 5.41) is 9.86. The van der Waals surface area contributed by atoms with Crippen LogP contribution in [-0.2, 0) is 9.53 Å². The van der Waals surface area contributed by atoms with Crippen molar-refractivity contribution in [2.75, 3.05) is 7.11 Å². The van der Waals surface area contributed by atoms with Gasteiger partial charge in [-0.15, -0.1) is 0 Å². The average molecular weight is 254 g/mol. The predicted octanol–water partition coefficient (Wildman–Crippen LogP) is 2.11. The number of thioether (sulfide) groups is 1. The number of para-hydroxylation sites is 1. The molecule has 1 aromatic carbocycles. The van der Waals surface area contributed by atoms with E-state index in [9.17, 15) is 9.90 Å². The van der Waals surface area contributed by atoms with Gasteiger partial charge in [0.1, 0.15) is 5.75 Å². The second-order valence-electron chi connectivity index (χ2n) is 4.20. The number of fused-ring (bicyclic) bond motifs is 1. The van der Waals surface area contributed by atoms with Crippen molar-refractivity contribution in [2.24, 2.45) is 0 Å². The molecule has 5 heteroatoms. The molecule has 0 amide bonds. The Bertz CT molecular complexity index is 456. The number of carbonyl (C=O) groups is 1. The summed E-state index contributed by atoms with van der Waals surface area (Å²) in [7, 11) is 1.24. The van der Waals surface area contributed by atoms with Crippen molar-refractivity contribution < 1.29 is 19.4 Å². The second-order valence-corrected chi connectivity index (χ2v) is 5.83. The first-order valence-corrected chi connectivity index (χ1v) is 6.03. The third-order valence-corrected chi connectivity index (χ3v) is 3.55. The number of carbonyl (C=O) groups excluding carboxylic acids is 1. The van der Waals surface area contributed by atoms with Gasteiger partial charge in [0.15, 0.2) is 11.0 Å². The zero-order chi connectivity index (χ0) is 12.6. The van der Waals surface area contributed by atoms with Crippen molar-refractivity contribution in [3.05, 3.63) is 23.8 Å². The molecule has 0 radical (unpaired) electrons. The van der Waals surface area contributed by atoms with Crippen LogP contribution in [0.2, 0.25) is 0 Å². The summed E-state index contributed by atoms with van der Waals surface area (Å²) in [6.45, 7) is 3.87. The van der Waals surface area contributed by atoms with Crippen LogP contribution in [0.4, 0.5) is 0 Å². The van der Waals surface area contributed by atoms with Gasteiger partial charge in [0.05, 0.1) is 12.0 Å². The van der Waals surface area contributed by atoms with Crippen LogP contribution in [0, 0.1) is 0 Å². The lowest BCUT2D eigenvalue weighted by Crippen LogP contribution is -2.20. The Labute approximate surface area is 104 Å². The molecule has 1 aromatic rings. The van der Waals surface area contributed by atoms with Crippen molar-refractivity contribution in [3.63, 3.8) is 0 Å². The highest BCUT2D eigenvalue weighted by atomic mass is 32.2. The Morgan fingerprint density at radius 3 is 2.88 bits per heavy atom. The summed E-state index contributed by atoms with van der Waals surface area (Å²) < 4.78 is 10.3. The summed E-state index contributed by atoms with van der Waals surface area (Å²) in [5.74, 6) is -0.114. The van der Waals surface area contributed by atoms with Crippen LogP contribution in [0.1, 0.15) is 25.5 Å². The fraction of sp³-hybridized carbons (Fsp3) is 0.417. The first kappa shape index (κ1) is 12.3. The molecule has 0 aliphatic carbocycles. The number of aliphatic hydroxyl groups excluding tert-OH is 1. The molecule has 1 unspecified atom stereocenters. The van der Waals surface area contributed by atoms with E-state index < -0.39 is 12.1 Å². The number of esters is 1. The number of hydrogen-bond donors (Lipinski definition) is 1. The highest BCUT2D eigenvalue weighted by molar-refractivity contribution is 8.00. The monoisotopic (exact) mass is 254 g/mol. The molecule has 0 spiro atoms. The minimum absolute atomic E-state index is 0.381. The van der Waals surface area contributed by atoms with Crippen LogP contribution >= 0.6 is 11.8 Å². The molecule has 1 aliphatic rings. The topological polar surface area (TPSA) is 55.8 Å². The quantitative estimate of drug-likeness (QED) is 0.819. The van der Waals surface area contributed by atoms with Crippen LogP contribution in [0.3, 0.4) is 0 Å². The number of ether oxygens (including phenoxy) is 2. The van der Waals surface area contributed by atoms with Crippen LogP contribution in [0.5, 0.6) is 5.75 Å². The normalized spacial score (nSPS) is 18.1. The van der Waals surface area contributed by atoms with E-state index in [1.165, 1.54) is 7.11 Å². The second kappa shape index (κ2) is 4.23. The molecule has 0 fully saturated rings. The molecule has 0 aromatic heterocycles. The number of aliphatic hydroxyl groups is 1. The van der Waals surface area contributed by atoms with Gasteiger partial charge in [-0.05, 0) is 19.9 Å². The maximum atomic E-state index is 11.3. The molecule has 0 bridgehead atoms. The zero-order valence-electron chi connectivity index (χ0n) is 9.89. The van der Waals surface area contributed by atoms with Crippen LogP contribution in [0.25, 0.3) is 0 Å². The molecule has 1 atom stereocenters. The van der Waals surface area contributed by atoms with Gasteiger partial charge in [-0.1, -0.05) is 23.9 Å². The lowest BCUT2D eigenvalue weighted by molar-refractivity contribution is -0.150. The predicted molar refractivity (Wildman–Crippen MR) is 64.0 cm³/mol. The molecular formula is C12H14O4S. The minimum Gasteiger partial charge on any atom is -0.475 e. The van der Waals surface area contributed by atoms with E-state index in [0.717, 1.165) is 4.90 Å². The van der Waals surface area contributed by atoms with Gasteiger partial charge in [0.25, 0.3) is 0 Å². The third-order valence-electron chi connectivity index (χ3n) is 2.43. The fourth-order valence-electron chi connectivity index (χ4n) is 1.71. The van der Waals surface area contributed by atoms with E-state index in [2.05, 4.69) is 4.74 Å². The van der Waals surface area contributed by atoms with Crippen LogP contribution < -0.4 is 4.74 Å². The third kappa shape index (κ3) is 2.25. The summed E-state index contributed by atoms with van der Waals surface area (Å²) in [6.07, 6.45) is -1.30. The molecule has 92 valence electrons. The lowest BCUT2D eigenvalue weighted by Gasteiger charge is -2.18. The number of rotatable bonds is 2. The Balaban J connectivity index is 2.39. The zero-order valence-corrected chi connectivity index (χ0v) is 10.7. The smallest absolute Gasteiger partial charge is 0.339 e. The summed E-state index contributed by atoms with van der Waals surface area (Å²) in [4.78, 5) is 11.9. The lowest BCUT2D eigenvalue weighted by atomic mass is 10.1. The molecule has 1 heterocycles. The van der Waals surface area contributed by atoms with Crippen molar-refractivity contribution in [2.45, 2.75) is 29.8 Å². The van der Waals surface area contributed by atoms with E-state index in [-0.39, 0.29) is 4.93 Å². The van der Waals surface area contributed by atoms with Crippen molar-refractivity contribution >= 4 is 17.7 Å². The average Bonchev–Trinajstić information content (AvgIpc) is 2.60. The first-order chi connectivity index (χ1) is 7.94. The molecular weight excluding hydrogens is 240 g/mol. The largest absolute Gasteiger partial charge is 0.475 e. The molecule has 1 aliphatic heterocycles. The molecule has 0 saturated heterocycles. The van der Waals surface area contributed by atoms with E-state index in [1.54, 1.807) is 23.9 Å². The van der Waals surface area contributed by atoms with E-state index in [1.807, 2.05) is 19.9 Å². The van der Waals surface area contributed by atoms with Crippen molar-refractivity contribution in [1.29, 1.82) is 0 Å². The van der Waals surface area contributed by atoms with Crippen LogP contribution in [-0.4, -0.2) is 23.1 Å². The minimum atomic E-state index is -1.30. The van der Waals surface area contributed by atoms with E-state index >= 15 is 0 Å². The Morgan fingerprint density at radius 1 is 1.53 bits per heavy atom. The number of benzene rings is 1. The van der Waals surface area contributed by atoms with Crippen LogP contribution in [0.15, 0.2) is 23.1 Å². The van der Waals surface area contributed by atoms with Gasteiger partial charge in [-0.3, -0.25) is 0 Å². The molecule has 1 N–H and O–H groups in total. The Morgan fingerprint density at radius 2 is 2.24 bits per heavy atom. The standard InChI is InChI=1S/C12H14O4S/c1-12(2)16-10-7(9(13)11(14)15-3)5-4-6-8(10)17-12/h4-6,9,13H,1-3H3. The highest BCUT2D eigenvalue weighted by Gasteiger charge is 2.35. The van der Waals surface area contributed by atoms with Gasteiger partial charge < -0.3 is 14.6 Å². The Kier molecular flexibility index (Phi) is 3.05. The summed E-state index contributed by atoms with van der Waals surface area (Å²) >= 11 is 1.56. The van der Waals surface area contributed by atoms with Crippen molar-refractivity contribution in [1.82, 2.24) is 0 Å². The molecule has 4 nitrogen and oxygen atoms in total. The number of hydrogen-bond acceptors (Lipinski definition) is 5. The summed E-state index contributed by atoms with van der Waals surface area (Å²) in [6, 6.07) is 5.36. The highest BCUT2D eigenvalue weighted by Crippen LogP contribution is 2.49. The maximum absolute atomic E-state index is 11.3. The van der Waals surface area contributed by atoms with Gasteiger partial charge in [0, 0.05) is 5.56 Å².